The Morgan fingerprint density at radius 2 is 1.21 bits per heavy atom. The van der Waals surface area contributed by atoms with Crippen LogP contribution in [0.4, 0.5) is 0 Å². The lowest BCUT2D eigenvalue weighted by atomic mass is 10.1. The third kappa shape index (κ3) is 5.56. The molecule has 0 saturated heterocycles. The molecule has 0 amide bonds. The van der Waals surface area contributed by atoms with Crippen molar-refractivity contribution in [1.29, 1.82) is 0 Å². The van der Waals surface area contributed by atoms with Gasteiger partial charge in [-0.1, -0.05) is 24.2 Å². The fourth-order valence-electron chi connectivity index (χ4n) is 1.12. The van der Waals surface area contributed by atoms with Gasteiger partial charge in [0.2, 0.25) is 0 Å². The molecule has 0 radical (unpaired) electrons. The van der Waals surface area contributed by atoms with E-state index in [2.05, 4.69) is 24.2 Å². The lowest BCUT2D eigenvalue weighted by Gasteiger charge is -2.03. The van der Waals surface area contributed by atoms with E-state index in [9.17, 15) is 0 Å². The molecule has 0 aliphatic heterocycles. The van der Waals surface area contributed by atoms with Gasteiger partial charge in [-0.2, -0.15) is 0 Å². The Hall–Kier alpha value is -1.06. The summed E-state index contributed by atoms with van der Waals surface area (Å²) in [4.78, 5) is 9.48. The molecule has 0 atom stereocenters. The van der Waals surface area contributed by atoms with Crippen LogP contribution in [0, 0.1) is 0 Å². The van der Waals surface area contributed by atoms with Crippen LogP contribution in [0.1, 0.15) is 39.5 Å². The van der Waals surface area contributed by atoms with Gasteiger partial charge in [0.15, 0.2) is 0 Å². The minimum Gasteiger partial charge on any atom is -0.399 e. The first kappa shape index (κ1) is 12.9. The van der Waals surface area contributed by atoms with E-state index < -0.39 is 0 Å². The molecule has 0 rings (SSSR count). The second-order valence-corrected chi connectivity index (χ2v) is 2.89. The Kier molecular flexibility index (Phi) is 7.89. The number of oxime groups is 2. The van der Waals surface area contributed by atoms with Gasteiger partial charge < -0.3 is 9.68 Å². The number of hydrogen-bond acceptors (Lipinski definition) is 4. The van der Waals surface area contributed by atoms with Crippen molar-refractivity contribution in [2.45, 2.75) is 39.5 Å². The van der Waals surface area contributed by atoms with Gasteiger partial charge in [0.25, 0.3) is 0 Å². The smallest absolute Gasteiger partial charge is 0.106 e. The van der Waals surface area contributed by atoms with Crippen LogP contribution in [-0.4, -0.2) is 25.6 Å². The zero-order valence-electron chi connectivity index (χ0n) is 9.54. The van der Waals surface area contributed by atoms with Gasteiger partial charge in [0.1, 0.15) is 14.2 Å². The van der Waals surface area contributed by atoms with E-state index in [1.165, 1.54) is 0 Å². The molecule has 0 N–H and O–H groups in total. The van der Waals surface area contributed by atoms with E-state index in [1.54, 1.807) is 14.2 Å². The highest BCUT2D eigenvalue weighted by Gasteiger charge is 2.02. The van der Waals surface area contributed by atoms with Gasteiger partial charge in [0.05, 0.1) is 11.4 Å². The van der Waals surface area contributed by atoms with Crippen LogP contribution in [0.5, 0.6) is 0 Å². The molecule has 0 unspecified atom stereocenters. The highest BCUT2D eigenvalue weighted by atomic mass is 16.6. The first-order valence-electron chi connectivity index (χ1n) is 4.96. The molecule has 0 aliphatic carbocycles. The van der Waals surface area contributed by atoms with Crippen LogP contribution in [-0.2, 0) is 9.68 Å². The second kappa shape index (κ2) is 8.53. The fraction of sp³-hybridized carbons (Fsp3) is 0.800. The minimum atomic E-state index is 0.889. The first-order valence-corrected chi connectivity index (χ1v) is 4.96. The summed E-state index contributed by atoms with van der Waals surface area (Å²) in [5.74, 6) is 0. The van der Waals surface area contributed by atoms with Gasteiger partial charge in [-0.05, 0) is 25.7 Å². The van der Waals surface area contributed by atoms with Crippen LogP contribution in [0.2, 0.25) is 0 Å². The number of hydrogen-bond donors (Lipinski definition) is 0. The zero-order chi connectivity index (χ0) is 10.8. The van der Waals surface area contributed by atoms with E-state index in [1.807, 2.05) is 0 Å². The third-order valence-electron chi connectivity index (χ3n) is 1.96. The Morgan fingerprint density at radius 3 is 1.43 bits per heavy atom. The molecule has 4 nitrogen and oxygen atoms in total. The topological polar surface area (TPSA) is 43.2 Å². The summed E-state index contributed by atoms with van der Waals surface area (Å²) < 4.78 is 0. The second-order valence-electron chi connectivity index (χ2n) is 2.89. The van der Waals surface area contributed by atoms with Crippen molar-refractivity contribution in [2.24, 2.45) is 10.3 Å². The van der Waals surface area contributed by atoms with Crippen LogP contribution >= 0.6 is 0 Å². The molecular weight excluding hydrogens is 180 g/mol. The maximum atomic E-state index is 4.74. The quantitative estimate of drug-likeness (QED) is 0.468. The fourth-order valence-corrected chi connectivity index (χ4v) is 1.12. The molecule has 0 aliphatic rings. The molecule has 82 valence electrons. The summed E-state index contributed by atoms with van der Waals surface area (Å²) in [7, 11) is 3.14. The summed E-state index contributed by atoms with van der Waals surface area (Å²) in [5, 5.41) is 7.86. The summed E-state index contributed by atoms with van der Waals surface area (Å²) in [6.07, 6.45) is 3.61. The Morgan fingerprint density at radius 1 is 0.857 bits per heavy atom. The van der Waals surface area contributed by atoms with Crippen LogP contribution < -0.4 is 0 Å². The standard InChI is InChI=1S/C10H20N2O2/c1-5-9(11-13-3)7-8-10(6-2)12-14-4/h5-8H2,1-4H3/b11-9+,12-10+. The van der Waals surface area contributed by atoms with Gasteiger partial charge in [-0.25, -0.2) is 0 Å². The Balaban J connectivity index is 4.00. The van der Waals surface area contributed by atoms with Crippen molar-refractivity contribution in [3.8, 4) is 0 Å². The van der Waals surface area contributed by atoms with E-state index in [-0.39, 0.29) is 0 Å². The number of nitrogens with zero attached hydrogens (tertiary/aromatic N) is 2. The van der Waals surface area contributed by atoms with E-state index in [0.717, 1.165) is 37.1 Å². The maximum absolute atomic E-state index is 4.74. The zero-order valence-corrected chi connectivity index (χ0v) is 9.54. The van der Waals surface area contributed by atoms with Crippen LogP contribution in [0.15, 0.2) is 10.3 Å². The predicted octanol–water partition coefficient (Wildman–Crippen LogP) is 2.59. The highest BCUT2D eigenvalue weighted by molar-refractivity contribution is 5.90. The lowest BCUT2D eigenvalue weighted by Crippen LogP contribution is -2.04. The molecule has 0 bridgehead atoms. The van der Waals surface area contributed by atoms with Crippen LogP contribution in [0.3, 0.4) is 0 Å². The van der Waals surface area contributed by atoms with Crippen molar-refractivity contribution >= 4 is 11.4 Å². The number of rotatable bonds is 7. The molecule has 0 saturated carbocycles. The van der Waals surface area contributed by atoms with Crippen molar-refractivity contribution in [3.63, 3.8) is 0 Å². The molecule has 0 aromatic heterocycles. The molecule has 0 aromatic rings. The average Bonchev–Trinajstić information content (AvgIpc) is 2.22. The molecule has 0 fully saturated rings. The van der Waals surface area contributed by atoms with Crippen molar-refractivity contribution in [3.05, 3.63) is 0 Å². The Bertz CT molecular complexity index is 178. The van der Waals surface area contributed by atoms with Gasteiger partial charge in [0, 0.05) is 0 Å². The highest BCUT2D eigenvalue weighted by Crippen LogP contribution is 2.03. The summed E-state index contributed by atoms with van der Waals surface area (Å²) >= 11 is 0. The molecule has 0 spiro atoms. The van der Waals surface area contributed by atoms with Gasteiger partial charge >= 0.3 is 0 Å². The van der Waals surface area contributed by atoms with E-state index >= 15 is 0 Å². The molecular formula is C10H20N2O2. The van der Waals surface area contributed by atoms with E-state index in [4.69, 9.17) is 9.68 Å². The normalized spacial score (nSPS) is 12.9. The summed E-state index contributed by atoms with van der Waals surface area (Å²) in [6.45, 7) is 4.13. The molecule has 14 heavy (non-hydrogen) atoms. The van der Waals surface area contributed by atoms with Gasteiger partial charge in [-0.3, -0.25) is 0 Å². The predicted molar refractivity (Wildman–Crippen MR) is 58.7 cm³/mol. The lowest BCUT2D eigenvalue weighted by molar-refractivity contribution is 0.210. The summed E-state index contributed by atoms with van der Waals surface area (Å²) in [5.41, 5.74) is 2.12. The SMILES string of the molecule is CC/C(CC/C(CC)=N/OC)=N\OC. The van der Waals surface area contributed by atoms with Crippen LogP contribution in [0.25, 0.3) is 0 Å². The van der Waals surface area contributed by atoms with Crippen molar-refractivity contribution in [2.75, 3.05) is 14.2 Å². The monoisotopic (exact) mass is 200 g/mol. The largest absolute Gasteiger partial charge is 0.399 e. The maximum Gasteiger partial charge on any atom is 0.106 e. The third-order valence-corrected chi connectivity index (χ3v) is 1.96. The average molecular weight is 200 g/mol. The Labute approximate surface area is 85.9 Å². The van der Waals surface area contributed by atoms with Gasteiger partial charge in [-0.15, -0.1) is 0 Å². The van der Waals surface area contributed by atoms with Crippen molar-refractivity contribution < 1.29 is 9.68 Å². The molecule has 4 heteroatoms. The molecule has 0 aromatic carbocycles. The van der Waals surface area contributed by atoms with Crippen molar-refractivity contribution in [1.82, 2.24) is 0 Å². The minimum absolute atomic E-state index is 0.889. The van der Waals surface area contributed by atoms with E-state index in [0.29, 0.717) is 0 Å². The summed E-state index contributed by atoms with van der Waals surface area (Å²) in [6, 6.07) is 0. The molecule has 0 heterocycles. The first-order chi connectivity index (χ1) is 6.78.